The molecule has 0 spiro atoms. The first kappa shape index (κ1) is 11.7. The molecule has 0 aliphatic carbocycles. The van der Waals surface area contributed by atoms with Gasteiger partial charge in [-0.1, -0.05) is 35.0 Å². The Morgan fingerprint density at radius 3 is 2.79 bits per heavy atom. The zero-order valence-corrected chi connectivity index (χ0v) is 9.87. The van der Waals surface area contributed by atoms with Gasteiger partial charge in [0.2, 0.25) is 0 Å². The molecule has 78 valence electrons. The van der Waals surface area contributed by atoms with Gasteiger partial charge in [-0.05, 0) is 30.0 Å². The van der Waals surface area contributed by atoms with E-state index >= 15 is 0 Å². The van der Waals surface area contributed by atoms with Crippen LogP contribution in [0.15, 0.2) is 28.7 Å². The fraction of sp³-hybridized carbons (Fsp3) is 0.455. The molecular formula is C11H16BrNO. The molecule has 2 atom stereocenters. The largest absolute Gasteiger partial charge is 0.392 e. The Morgan fingerprint density at radius 2 is 2.21 bits per heavy atom. The minimum Gasteiger partial charge on any atom is -0.392 e. The summed E-state index contributed by atoms with van der Waals surface area (Å²) in [6.45, 7) is 2.43. The Bertz CT molecular complexity index is 290. The van der Waals surface area contributed by atoms with E-state index in [1.165, 1.54) is 5.56 Å². The minimum atomic E-state index is -0.399. The first-order valence-corrected chi connectivity index (χ1v) is 5.56. The third-order valence-corrected chi connectivity index (χ3v) is 2.81. The molecule has 1 aromatic rings. The molecule has 0 saturated carbocycles. The molecule has 1 aromatic carbocycles. The normalized spacial score (nSPS) is 15.1. The van der Waals surface area contributed by atoms with Gasteiger partial charge in [-0.2, -0.15) is 0 Å². The molecule has 0 radical (unpaired) electrons. The van der Waals surface area contributed by atoms with Gasteiger partial charge in [0.1, 0.15) is 0 Å². The molecule has 14 heavy (non-hydrogen) atoms. The molecule has 0 bridgehead atoms. The van der Waals surface area contributed by atoms with Gasteiger partial charge in [0, 0.05) is 11.0 Å². The van der Waals surface area contributed by atoms with Crippen molar-refractivity contribution in [1.82, 2.24) is 0 Å². The highest BCUT2D eigenvalue weighted by molar-refractivity contribution is 9.10. The van der Waals surface area contributed by atoms with E-state index < -0.39 is 6.10 Å². The maximum atomic E-state index is 9.42. The summed E-state index contributed by atoms with van der Waals surface area (Å²) in [5, 5.41) is 9.42. The second-order valence-corrected chi connectivity index (χ2v) is 4.50. The van der Waals surface area contributed by atoms with Crippen molar-refractivity contribution in [3.8, 4) is 0 Å². The summed E-state index contributed by atoms with van der Waals surface area (Å²) >= 11 is 3.43. The van der Waals surface area contributed by atoms with Crippen LogP contribution < -0.4 is 5.73 Å². The number of rotatable bonds is 4. The van der Waals surface area contributed by atoms with Crippen LogP contribution in [-0.4, -0.2) is 17.8 Å². The Balaban J connectivity index is 2.64. The lowest BCUT2D eigenvalue weighted by atomic mass is 9.95. The number of aliphatic hydroxyl groups is 1. The quantitative estimate of drug-likeness (QED) is 0.870. The van der Waals surface area contributed by atoms with Gasteiger partial charge in [0.15, 0.2) is 0 Å². The van der Waals surface area contributed by atoms with Crippen LogP contribution in [0, 0.1) is 0 Å². The van der Waals surface area contributed by atoms with Crippen LogP contribution in [0.2, 0.25) is 0 Å². The maximum absolute atomic E-state index is 9.42. The predicted octanol–water partition coefficient (Wildman–Crippen LogP) is 2.26. The topological polar surface area (TPSA) is 46.2 Å². The summed E-state index contributed by atoms with van der Waals surface area (Å²) < 4.78 is 1.07. The zero-order valence-electron chi connectivity index (χ0n) is 8.28. The molecule has 2 unspecified atom stereocenters. The third-order valence-electron chi connectivity index (χ3n) is 2.32. The molecule has 0 aromatic heterocycles. The molecule has 0 aliphatic heterocycles. The standard InChI is InChI=1S/C11H16BrNO/c1-8(5-11(14)7-13)9-3-2-4-10(12)6-9/h2-4,6,8,11,14H,5,7,13H2,1H3. The monoisotopic (exact) mass is 257 g/mol. The van der Waals surface area contributed by atoms with E-state index in [2.05, 4.69) is 35.0 Å². The summed E-state index contributed by atoms with van der Waals surface area (Å²) in [5.41, 5.74) is 6.60. The summed E-state index contributed by atoms with van der Waals surface area (Å²) in [5.74, 6) is 0.339. The highest BCUT2D eigenvalue weighted by Crippen LogP contribution is 2.23. The van der Waals surface area contributed by atoms with Crippen LogP contribution in [0.4, 0.5) is 0 Å². The van der Waals surface area contributed by atoms with Crippen LogP contribution >= 0.6 is 15.9 Å². The average molecular weight is 258 g/mol. The number of hydrogen-bond acceptors (Lipinski definition) is 2. The van der Waals surface area contributed by atoms with Gasteiger partial charge in [-0.15, -0.1) is 0 Å². The molecule has 3 heteroatoms. The second-order valence-electron chi connectivity index (χ2n) is 3.58. The molecular weight excluding hydrogens is 242 g/mol. The summed E-state index contributed by atoms with van der Waals surface area (Å²) in [6, 6.07) is 8.15. The summed E-state index contributed by atoms with van der Waals surface area (Å²) in [4.78, 5) is 0. The molecule has 0 amide bonds. The Kier molecular flexibility index (Phi) is 4.58. The van der Waals surface area contributed by atoms with Crippen molar-refractivity contribution in [1.29, 1.82) is 0 Å². The molecule has 0 heterocycles. The van der Waals surface area contributed by atoms with E-state index in [9.17, 15) is 5.11 Å². The van der Waals surface area contributed by atoms with Crippen LogP contribution in [0.5, 0.6) is 0 Å². The van der Waals surface area contributed by atoms with Crippen molar-refractivity contribution >= 4 is 15.9 Å². The second kappa shape index (κ2) is 5.49. The zero-order chi connectivity index (χ0) is 10.6. The fourth-order valence-corrected chi connectivity index (χ4v) is 1.87. The maximum Gasteiger partial charge on any atom is 0.0668 e. The van der Waals surface area contributed by atoms with Gasteiger partial charge >= 0.3 is 0 Å². The number of nitrogens with two attached hydrogens (primary N) is 1. The van der Waals surface area contributed by atoms with E-state index in [-0.39, 0.29) is 0 Å². The third kappa shape index (κ3) is 3.40. The number of hydrogen-bond donors (Lipinski definition) is 2. The molecule has 2 nitrogen and oxygen atoms in total. The summed E-state index contributed by atoms with van der Waals surface area (Å²) in [6.07, 6.45) is 0.316. The number of benzene rings is 1. The van der Waals surface area contributed by atoms with Crippen molar-refractivity contribution in [3.05, 3.63) is 34.3 Å². The van der Waals surface area contributed by atoms with E-state index in [1.807, 2.05) is 12.1 Å². The molecule has 0 aliphatic rings. The highest BCUT2D eigenvalue weighted by atomic mass is 79.9. The summed E-state index contributed by atoms with van der Waals surface area (Å²) in [7, 11) is 0. The van der Waals surface area contributed by atoms with Gasteiger partial charge in [-0.25, -0.2) is 0 Å². The fourth-order valence-electron chi connectivity index (χ4n) is 1.45. The first-order chi connectivity index (χ1) is 6.63. The van der Waals surface area contributed by atoms with Gasteiger partial charge in [0.05, 0.1) is 6.10 Å². The van der Waals surface area contributed by atoms with Gasteiger partial charge in [-0.3, -0.25) is 0 Å². The van der Waals surface area contributed by atoms with Crippen LogP contribution in [0.3, 0.4) is 0 Å². The predicted molar refractivity (Wildman–Crippen MR) is 62.2 cm³/mol. The van der Waals surface area contributed by atoms with Crippen LogP contribution in [0.1, 0.15) is 24.8 Å². The Morgan fingerprint density at radius 1 is 1.50 bits per heavy atom. The van der Waals surface area contributed by atoms with Crippen LogP contribution in [-0.2, 0) is 0 Å². The van der Waals surface area contributed by atoms with Crippen molar-refractivity contribution in [2.75, 3.05) is 6.54 Å². The van der Waals surface area contributed by atoms with E-state index in [0.717, 1.165) is 4.47 Å². The molecule has 0 saturated heterocycles. The lowest BCUT2D eigenvalue weighted by molar-refractivity contribution is 0.165. The van der Waals surface area contributed by atoms with E-state index in [1.54, 1.807) is 0 Å². The van der Waals surface area contributed by atoms with Crippen molar-refractivity contribution < 1.29 is 5.11 Å². The van der Waals surface area contributed by atoms with Gasteiger partial charge in [0.25, 0.3) is 0 Å². The lowest BCUT2D eigenvalue weighted by Gasteiger charge is -2.15. The van der Waals surface area contributed by atoms with Crippen LogP contribution in [0.25, 0.3) is 0 Å². The first-order valence-electron chi connectivity index (χ1n) is 4.77. The van der Waals surface area contributed by atoms with Gasteiger partial charge < -0.3 is 10.8 Å². The molecule has 3 N–H and O–H groups in total. The number of halogens is 1. The lowest BCUT2D eigenvalue weighted by Crippen LogP contribution is -2.21. The Labute approximate surface area is 93.3 Å². The number of aliphatic hydroxyl groups excluding tert-OH is 1. The average Bonchev–Trinajstić information content (AvgIpc) is 2.17. The van der Waals surface area contributed by atoms with E-state index in [4.69, 9.17) is 5.73 Å². The molecule has 0 fully saturated rings. The minimum absolute atomic E-state index is 0.332. The van der Waals surface area contributed by atoms with Crippen molar-refractivity contribution in [2.24, 2.45) is 5.73 Å². The SMILES string of the molecule is CC(CC(O)CN)c1cccc(Br)c1. The molecule has 1 rings (SSSR count). The van der Waals surface area contributed by atoms with E-state index in [0.29, 0.717) is 18.9 Å². The highest BCUT2D eigenvalue weighted by Gasteiger charge is 2.10. The Hall–Kier alpha value is -0.380. The smallest absolute Gasteiger partial charge is 0.0668 e. The van der Waals surface area contributed by atoms with Crippen molar-refractivity contribution in [2.45, 2.75) is 25.4 Å². The van der Waals surface area contributed by atoms with Crippen molar-refractivity contribution in [3.63, 3.8) is 0 Å².